The average Bonchev–Trinajstić information content (AvgIpc) is 2.55. The minimum Gasteiger partial charge on any atom is -0.394 e. The molecule has 0 bridgehead atoms. The van der Waals surface area contributed by atoms with Gasteiger partial charge in [0.1, 0.15) is 6.07 Å². The molecular weight excluding hydrogens is 296 g/mol. The number of rotatable bonds is 5. The molecule has 22 heavy (non-hydrogen) atoms. The smallest absolute Gasteiger partial charge is 0.251 e. The molecule has 5 heteroatoms. The van der Waals surface area contributed by atoms with E-state index in [0.717, 1.165) is 9.79 Å². The fraction of sp³-hybridized carbons (Fsp3) is 0.176. The van der Waals surface area contributed by atoms with Gasteiger partial charge in [-0.2, -0.15) is 5.26 Å². The van der Waals surface area contributed by atoms with Gasteiger partial charge in [-0.25, -0.2) is 0 Å². The van der Waals surface area contributed by atoms with Crippen LogP contribution in [0.4, 0.5) is 0 Å². The van der Waals surface area contributed by atoms with E-state index < -0.39 is 0 Å². The maximum Gasteiger partial charge on any atom is 0.251 e. The number of nitrogens with zero attached hydrogens (tertiary/aromatic N) is 1. The van der Waals surface area contributed by atoms with Crippen molar-refractivity contribution in [3.8, 4) is 6.07 Å². The van der Waals surface area contributed by atoms with Crippen LogP contribution in [0.3, 0.4) is 0 Å². The van der Waals surface area contributed by atoms with Crippen LogP contribution in [0.2, 0.25) is 0 Å². The van der Waals surface area contributed by atoms with Gasteiger partial charge in [0.25, 0.3) is 5.91 Å². The molecule has 0 aliphatic carbocycles. The Balaban J connectivity index is 2.09. The lowest BCUT2D eigenvalue weighted by molar-refractivity contribution is 0.0922. The van der Waals surface area contributed by atoms with E-state index in [4.69, 9.17) is 10.4 Å². The van der Waals surface area contributed by atoms with Crippen molar-refractivity contribution in [2.75, 3.05) is 6.61 Å². The Morgan fingerprint density at radius 3 is 2.59 bits per heavy atom. The molecule has 1 unspecified atom stereocenters. The maximum atomic E-state index is 11.9. The van der Waals surface area contributed by atoms with Crippen LogP contribution in [0.25, 0.3) is 0 Å². The molecule has 1 atom stereocenters. The number of aliphatic hydroxyl groups is 1. The molecule has 0 aliphatic heterocycles. The molecule has 0 fully saturated rings. The lowest BCUT2D eigenvalue weighted by Gasteiger charge is -2.11. The maximum absolute atomic E-state index is 11.9. The van der Waals surface area contributed by atoms with Gasteiger partial charge in [-0.1, -0.05) is 23.9 Å². The Bertz CT molecular complexity index is 693. The van der Waals surface area contributed by atoms with Crippen LogP contribution in [0.1, 0.15) is 22.8 Å². The molecule has 0 radical (unpaired) electrons. The third-order valence-corrected chi connectivity index (χ3v) is 4.09. The van der Waals surface area contributed by atoms with E-state index >= 15 is 0 Å². The van der Waals surface area contributed by atoms with Crippen molar-refractivity contribution < 1.29 is 9.90 Å². The Morgan fingerprint density at radius 1 is 1.27 bits per heavy atom. The lowest BCUT2D eigenvalue weighted by Crippen LogP contribution is -2.34. The summed E-state index contributed by atoms with van der Waals surface area (Å²) in [6, 6.07) is 16.4. The van der Waals surface area contributed by atoms with Crippen molar-refractivity contribution in [1.29, 1.82) is 5.26 Å². The highest BCUT2D eigenvalue weighted by Gasteiger charge is 2.09. The molecule has 112 valence electrons. The molecule has 2 N–H and O–H groups in total. The highest BCUT2D eigenvalue weighted by molar-refractivity contribution is 7.99. The quantitative estimate of drug-likeness (QED) is 0.890. The first kappa shape index (κ1) is 16.1. The predicted molar refractivity (Wildman–Crippen MR) is 85.7 cm³/mol. The predicted octanol–water partition coefficient (Wildman–Crippen LogP) is 2.82. The largest absolute Gasteiger partial charge is 0.394 e. The van der Waals surface area contributed by atoms with E-state index in [1.54, 1.807) is 25.1 Å². The molecule has 0 spiro atoms. The van der Waals surface area contributed by atoms with Gasteiger partial charge < -0.3 is 10.4 Å². The van der Waals surface area contributed by atoms with Gasteiger partial charge in [-0.05, 0) is 43.3 Å². The van der Waals surface area contributed by atoms with Gasteiger partial charge in [0.15, 0.2) is 0 Å². The van der Waals surface area contributed by atoms with Gasteiger partial charge in [0.05, 0.1) is 12.2 Å². The number of aliphatic hydroxyl groups excluding tert-OH is 1. The molecule has 0 saturated heterocycles. The summed E-state index contributed by atoms with van der Waals surface area (Å²) >= 11 is 1.48. The van der Waals surface area contributed by atoms with Crippen molar-refractivity contribution in [3.63, 3.8) is 0 Å². The second-order valence-electron chi connectivity index (χ2n) is 4.79. The van der Waals surface area contributed by atoms with Crippen LogP contribution in [0.15, 0.2) is 58.3 Å². The highest BCUT2D eigenvalue weighted by atomic mass is 32.2. The number of carbonyl (C=O) groups excluding carboxylic acids is 1. The molecule has 0 aromatic heterocycles. The highest BCUT2D eigenvalue weighted by Crippen LogP contribution is 2.30. The monoisotopic (exact) mass is 312 g/mol. The van der Waals surface area contributed by atoms with Crippen LogP contribution in [0.5, 0.6) is 0 Å². The zero-order chi connectivity index (χ0) is 15.9. The van der Waals surface area contributed by atoms with E-state index in [9.17, 15) is 4.79 Å². The average molecular weight is 312 g/mol. The zero-order valence-electron chi connectivity index (χ0n) is 12.1. The second kappa shape index (κ2) is 7.64. The minimum absolute atomic E-state index is 0.0926. The van der Waals surface area contributed by atoms with Crippen LogP contribution in [-0.2, 0) is 0 Å². The number of carbonyl (C=O) groups is 1. The summed E-state index contributed by atoms with van der Waals surface area (Å²) in [4.78, 5) is 13.8. The molecular formula is C17H16N2O2S. The first-order valence-corrected chi connectivity index (χ1v) is 7.64. The van der Waals surface area contributed by atoms with E-state index in [1.165, 1.54) is 11.8 Å². The van der Waals surface area contributed by atoms with Crippen molar-refractivity contribution >= 4 is 17.7 Å². The van der Waals surface area contributed by atoms with Crippen molar-refractivity contribution in [1.82, 2.24) is 5.32 Å². The Kier molecular flexibility index (Phi) is 5.59. The molecule has 2 rings (SSSR count). The van der Waals surface area contributed by atoms with E-state index in [2.05, 4.69) is 11.4 Å². The summed E-state index contributed by atoms with van der Waals surface area (Å²) in [6.45, 7) is 1.64. The zero-order valence-corrected chi connectivity index (χ0v) is 12.9. The third kappa shape index (κ3) is 4.10. The third-order valence-electron chi connectivity index (χ3n) is 3.00. The Hall–Kier alpha value is -2.29. The van der Waals surface area contributed by atoms with Gasteiger partial charge in [-0.3, -0.25) is 4.79 Å². The van der Waals surface area contributed by atoms with Crippen molar-refractivity contribution in [2.24, 2.45) is 0 Å². The van der Waals surface area contributed by atoms with Gasteiger partial charge in [0, 0.05) is 21.4 Å². The minimum atomic E-state index is -0.274. The van der Waals surface area contributed by atoms with E-state index in [0.29, 0.717) is 11.1 Å². The normalized spacial score (nSPS) is 11.5. The number of hydrogen-bond donors (Lipinski definition) is 2. The van der Waals surface area contributed by atoms with Gasteiger partial charge in [-0.15, -0.1) is 0 Å². The summed E-state index contributed by atoms with van der Waals surface area (Å²) in [5.41, 5.74) is 1.17. The summed E-state index contributed by atoms with van der Waals surface area (Å²) in [6.07, 6.45) is 0. The fourth-order valence-electron chi connectivity index (χ4n) is 1.80. The van der Waals surface area contributed by atoms with Gasteiger partial charge >= 0.3 is 0 Å². The van der Waals surface area contributed by atoms with Crippen molar-refractivity contribution in [3.05, 3.63) is 59.7 Å². The van der Waals surface area contributed by atoms with Gasteiger partial charge in [0.2, 0.25) is 0 Å². The van der Waals surface area contributed by atoms with Crippen LogP contribution in [-0.4, -0.2) is 23.7 Å². The topological polar surface area (TPSA) is 73.1 Å². The first-order chi connectivity index (χ1) is 10.6. The first-order valence-electron chi connectivity index (χ1n) is 6.83. The van der Waals surface area contributed by atoms with Crippen molar-refractivity contribution in [2.45, 2.75) is 22.8 Å². The van der Waals surface area contributed by atoms with E-state index in [-0.39, 0.29) is 18.6 Å². The number of nitriles is 1. The number of benzene rings is 2. The van der Waals surface area contributed by atoms with Crippen LogP contribution >= 0.6 is 11.8 Å². The Morgan fingerprint density at radius 2 is 1.95 bits per heavy atom. The van der Waals surface area contributed by atoms with Crippen LogP contribution in [0, 0.1) is 11.3 Å². The molecule has 0 heterocycles. The number of nitrogens with one attached hydrogen (secondary N) is 1. The van der Waals surface area contributed by atoms with E-state index in [1.807, 2.05) is 30.3 Å². The second-order valence-corrected chi connectivity index (χ2v) is 5.91. The Labute approximate surface area is 133 Å². The number of hydrogen-bond acceptors (Lipinski definition) is 4. The number of amides is 1. The molecule has 0 saturated carbocycles. The molecule has 4 nitrogen and oxygen atoms in total. The summed E-state index contributed by atoms with van der Waals surface area (Å²) < 4.78 is 0. The standard InChI is InChI=1S/C17H16N2O2S/c1-12(11-20)19-17(21)13-6-8-15(9-7-13)22-16-5-3-2-4-14(16)10-18/h2-9,12,20H,11H2,1H3,(H,19,21). The lowest BCUT2D eigenvalue weighted by atomic mass is 10.2. The van der Waals surface area contributed by atoms with Crippen LogP contribution < -0.4 is 5.32 Å². The summed E-state index contributed by atoms with van der Waals surface area (Å²) in [5.74, 6) is -0.212. The fourth-order valence-corrected chi connectivity index (χ4v) is 2.70. The SMILES string of the molecule is CC(CO)NC(=O)c1ccc(Sc2ccccc2C#N)cc1. The summed E-state index contributed by atoms with van der Waals surface area (Å²) in [7, 11) is 0. The molecule has 2 aromatic rings. The molecule has 0 aliphatic rings. The molecule has 1 amide bonds. The molecule has 2 aromatic carbocycles. The summed E-state index contributed by atoms with van der Waals surface area (Å²) in [5, 5.41) is 20.7.